The van der Waals surface area contributed by atoms with Crippen molar-refractivity contribution in [1.82, 2.24) is 0 Å². The Bertz CT molecular complexity index is 624. The highest BCUT2D eigenvalue weighted by Crippen LogP contribution is 2.28. The summed E-state index contributed by atoms with van der Waals surface area (Å²) in [5.74, 6) is -0.589. The summed E-state index contributed by atoms with van der Waals surface area (Å²) in [5.41, 5.74) is 3.30. The first kappa shape index (κ1) is 14.3. The van der Waals surface area contributed by atoms with Crippen LogP contribution in [0.25, 0.3) is 11.1 Å². The van der Waals surface area contributed by atoms with E-state index in [0.717, 1.165) is 11.1 Å². The van der Waals surface area contributed by atoms with Gasteiger partial charge in [0.2, 0.25) is 5.91 Å². The van der Waals surface area contributed by atoms with Crippen LogP contribution in [-0.4, -0.2) is 11.5 Å². The first-order valence-corrected chi connectivity index (χ1v) is 5.99. The molecule has 2 N–H and O–H groups in total. The predicted molar refractivity (Wildman–Crippen MR) is 71.8 cm³/mol. The fourth-order valence-corrected chi connectivity index (χ4v) is 1.79. The van der Waals surface area contributed by atoms with Gasteiger partial charge in [0.1, 0.15) is 5.75 Å². The van der Waals surface area contributed by atoms with Gasteiger partial charge in [0, 0.05) is 17.2 Å². The van der Waals surface area contributed by atoms with Crippen LogP contribution in [0, 0.1) is 0 Å². The van der Waals surface area contributed by atoms with E-state index in [9.17, 15) is 13.6 Å². The lowest BCUT2D eigenvalue weighted by Gasteiger charge is -2.11. The monoisotopic (exact) mass is 297 g/mol. The minimum atomic E-state index is -3.74. The lowest BCUT2D eigenvalue weighted by molar-refractivity contribution is -0.0964. The highest BCUT2D eigenvalue weighted by atomic mass is 35.5. The summed E-state index contributed by atoms with van der Waals surface area (Å²) >= 11 is 4.67. The van der Waals surface area contributed by atoms with E-state index in [0.29, 0.717) is 5.56 Å². The smallest absolute Gasteiger partial charge is 0.420 e. The largest absolute Gasteiger partial charge is 0.487 e. The van der Waals surface area contributed by atoms with Gasteiger partial charge < -0.3 is 10.5 Å². The number of hydrogen-bond donors (Lipinski definition) is 1. The molecule has 20 heavy (non-hydrogen) atoms. The van der Waals surface area contributed by atoms with Gasteiger partial charge in [-0.25, -0.2) is 0 Å². The Morgan fingerprint density at radius 3 is 2.30 bits per heavy atom. The quantitative estimate of drug-likeness (QED) is 0.876. The summed E-state index contributed by atoms with van der Waals surface area (Å²) in [4.78, 5) is 11.1. The van der Waals surface area contributed by atoms with Crippen molar-refractivity contribution in [2.45, 2.75) is 5.57 Å². The van der Waals surface area contributed by atoms with Gasteiger partial charge in [-0.05, 0) is 35.4 Å². The van der Waals surface area contributed by atoms with Crippen molar-refractivity contribution in [2.75, 3.05) is 0 Å². The minimum Gasteiger partial charge on any atom is -0.420 e. The van der Waals surface area contributed by atoms with Crippen LogP contribution in [0.3, 0.4) is 0 Å². The molecule has 104 valence electrons. The summed E-state index contributed by atoms with van der Waals surface area (Å²) in [6.45, 7) is 0. The molecule has 0 saturated heterocycles. The molecule has 0 heterocycles. The summed E-state index contributed by atoms with van der Waals surface area (Å²) < 4.78 is 29.1. The number of primary amides is 1. The Morgan fingerprint density at radius 1 is 1.10 bits per heavy atom. The third kappa shape index (κ3) is 3.68. The Balaban J connectivity index is 2.26. The molecule has 2 aromatic rings. The van der Waals surface area contributed by atoms with E-state index in [1.54, 1.807) is 36.4 Å². The van der Waals surface area contributed by atoms with Gasteiger partial charge in [-0.2, -0.15) is 0 Å². The topological polar surface area (TPSA) is 52.3 Å². The number of benzene rings is 2. The number of amides is 1. The zero-order chi connectivity index (χ0) is 14.8. The molecule has 2 aromatic carbocycles. The van der Waals surface area contributed by atoms with Crippen molar-refractivity contribution in [3.8, 4) is 16.9 Å². The minimum absolute atomic E-state index is 0.0557. The molecular formula is C14H10ClF2NO2. The third-order valence-corrected chi connectivity index (χ3v) is 2.65. The Kier molecular flexibility index (Phi) is 3.90. The van der Waals surface area contributed by atoms with Gasteiger partial charge >= 0.3 is 5.57 Å². The van der Waals surface area contributed by atoms with Crippen molar-refractivity contribution in [2.24, 2.45) is 5.73 Å². The maximum atomic E-state index is 12.5. The summed E-state index contributed by atoms with van der Waals surface area (Å²) in [5, 5.41) is 0. The van der Waals surface area contributed by atoms with Crippen LogP contribution < -0.4 is 10.5 Å². The van der Waals surface area contributed by atoms with Crippen LogP contribution in [0.1, 0.15) is 10.4 Å². The molecule has 0 spiro atoms. The van der Waals surface area contributed by atoms with Gasteiger partial charge in [0.15, 0.2) is 0 Å². The van der Waals surface area contributed by atoms with Crippen LogP contribution >= 0.6 is 11.6 Å². The van der Waals surface area contributed by atoms with Gasteiger partial charge in [0.25, 0.3) is 0 Å². The number of carbonyl (C=O) groups is 1. The van der Waals surface area contributed by atoms with E-state index in [-0.39, 0.29) is 5.75 Å². The van der Waals surface area contributed by atoms with Crippen LogP contribution in [0.4, 0.5) is 8.78 Å². The first-order chi connectivity index (χ1) is 9.35. The summed E-state index contributed by atoms with van der Waals surface area (Å²) in [7, 11) is 0. The molecule has 0 atom stereocenters. The van der Waals surface area contributed by atoms with E-state index in [1.165, 1.54) is 12.1 Å². The van der Waals surface area contributed by atoms with Gasteiger partial charge in [-0.3, -0.25) is 4.79 Å². The number of ether oxygens (including phenoxy) is 1. The average molecular weight is 298 g/mol. The number of halogens is 3. The van der Waals surface area contributed by atoms with Gasteiger partial charge in [-0.1, -0.05) is 24.3 Å². The molecule has 3 nitrogen and oxygen atoms in total. The molecule has 0 aliphatic rings. The van der Waals surface area contributed by atoms with E-state index in [4.69, 9.17) is 5.73 Å². The Morgan fingerprint density at radius 2 is 1.75 bits per heavy atom. The van der Waals surface area contributed by atoms with E-state index in [1.807, 2.05) is 0 Å². The van der Waals surface area contributed by atoms with Gasteiger partial charge in [-0.15, -0.1) is 8.78 Å². The van der Waals surface area contributed by atoms with Crippen molar-refractivity contribution in [3.63, 3.8) is 0 Å². The maximum absolute atomic E-state index is 12.5. The van der Waals surface area contributed by atoms with E-state index in [2.05, 4.69) is 16.3 Å². The number of carbonyl (C=O) groups excluding carboxylic acids is 1. The van der Waals surface area contributed by atoms with Crippen molar-refractivity contribution in [3.05, 3.63) is 54.1 Å². The fourth-order valence-electron chi connectivity index (χ4n) is 1.70. The van der Waals surface area contributed by atoms with Gasteiger partial charge in [0.05, 0.1) is 0 Å². The number of rotatable bonds is 4. The molecule has 0 saturated carbocycles. The van der Waals surface area contributed by atoms with Crippen LogP contribution in [0.2, 0.25) is 0 Å². The number of alkyl halides is 3. The molecule has 1 amide bonds. The van der Waals surface area contributed by atoms with Crippen LogP contribution in [-0.2, 0) is 0 Å². The second-order valence-electron chi connectivity index (χ2n) is 4.02. The molecule has 2 rings (SSSR count). The van der Waals surface area contributed by atoms with Crippen LogP contribution in [0.15, 0.2) is 48.5 Å². The lowest BCUT2D eigenvalue weighted by atomic mass is 10.0. The Hall–Kier alpha value is -2.14. The molecule has 0 aromatic heterocycles. The average Bonchev–Trinajstić information content (AvgIpc) is 2.38. The lowest BCUT2D eigenvalue weighted by Crippen LogP contribution is -2.15. The van der Waals surface area contributed by atoms with E-state index >= 15 is 0 Å². The first-order valence-electron chi connectivity index (χ1n) is 5.61. The molecule has 0 bridgehead atoms. The normalized spacial score (nSPS) is 11.2. The van der Waals surface area contributed by atoms with Crippen molar-refractivity contribution in [1.29, 1.82) is 0 Å². The summed E-state index contributed by atoms with van der Waals surface area (Å²) in [6.07, 6.45) is 0. The van der Waals surface area contributed by atoms with E-state index < -0.39 is 11.5 Å². The molecule has 0 unspecified atom stereocenters. The molecule has 0 radical (unpaired) electrons. The van der Waals surface area contributed by atoms with Crippen LogP contribution in [0.5, 0.6) is 5.75 Å². The highest BCUT2D eigenvalue weighted by molar-refractivity contribution is 6.20. The number of nitrogens with two attached hydrogens (primary N) is 1. The maximum Gasteiger partial charge on any atom is 0.487 e. The molecule has 0 aliphatic heterocycles. The summed E-state index contributed by atoms with van der Waals surface area (Å²) in [6, 6.07) is 12.6. The molecular weight excluding hydrogens is 288 g/mol. The molecule has 0 fully saturated rings. The SMILES string of the molecule is NC(=O)c1cccc(-c2ccc(OC(F)(F)Cl)cc2)c1. The standard InChI is InChI=1S/C14H10ClF2NO2/c15-14(16,17)20-12-6-4-9(5-7-12)10-2-1-3-11(8-10)13(18)19/h1-8H,(H2,18,19). The predicted octanol–water partition coefficient (Wildman–Crippen LogP) is 3.62. The second-order valence-corrected chi connectivity index (χ2v) is 4.46. The zero-order valence-electron chi connectivity index (χ0n) is 10.1. The second kappa shape index (κ2) is 5.46. The number of hydrogen-bond acceptors (Lipinski definition) is 2. The van der Waals surface area contributed by atoms with Crippen molar-refractivity contribution < 1.29 is 18.3 Å². The molecule has 0 aliphatic carbocycles. The Labute approximate surface area is 118 Å². The molecule has 6 heteroatoms. The highest BCUT2D eigenvalue weighted by Gasteiger charge is 2.27. The zero-order valence-corrected chi connectivity index (χ0v) is 10.9. The van der Waals surface area contributed by atoms with Crippen molar-refractivity contribution >= 4 is 17.5 Å². The third-order valence-electron chi connectivity index (χ3n) is 2.57. The fraction of sp³-hybridized carbons (Fsp3) is 0.0714.